The van der Waals surface area contributed by atoms with Crippen molar-refractivity contribution in [2.75, 3.05) is 0 Å². The van der Waals surface area contributed by atoms with Gasteiger partial charge >= 0.3 is 0 Å². The largest absolute Gasteiger partial charge is 0.313 e. The Morgan fingerprint density at radius 2 is 1.84 bits per heavy atom. The molecule has 0 aliphatic heterocycles. The monoisotopic (exact) mass is 331 g/mol. The van der Waals surface area contributed by atoms with E-state index >= 15 is 0 Å². The fraction of sp³-hybridized carbons (Fsp3) is 0.0500. The number of hydrogen-bond acceptors (Lipinski definition) is 3. The van der Waals surface area contributed by atoms with E-state index in [4.69, 9.17) is 0 Å². The number of fused-ring (bicyclic) bond motifs is 1. The molecule has 122 valence electrons. The van der Waals surface area contributed by atoms with Crippen molar-refractivity contribution in [1.29, 1.82) is 0 Å². The first-order valence-corrected chi connectivity index (χ1v) is 7.83. The quantitative estimate of drug-likeness (QED) is 0.601. The standard InChI is InChI=1S/C20H14FN3O/c1-12-9-14(4-6-17(12)21)19-15(3-2-8-22-19)13-5-7-18-16(10-13)20(25)24-11-23-18/h2-11H,1H3,(H,23,24,25). The van der Waals surface area contributed by atoms with Crippen LogP contribution in [-0.4, -0.2) is 15.0 Å². The summed E-state index contributed by atoms with van der Waals surface area (Å²) in [4.78, 5) is 23.3. The first-order chi connectivity index (χ1) is 12.1. The van der Waals surface area contributed by atoms with Gasteiger partial charge in [0.05, 0.1) is 22.9 Å². The zero-order chi connectivity index (χ0) is 17.4. The molecule has 0 amide bonds. The van der Waals surface area contributed by atoms with Gasteiger partial charge < -0.3 is 4.98 Å². The molecule has 4 nitrogen and oxygen atoms in total. The van der Waals surface area contributed by atoms with Gasteiger partial charge in [0, 0.05) is 17.3 Å². The van der Waals surface area contributed by atoms with Gasteiger partial charge in [0.1, 0.15) is 5.82 Å². The Labute approximate surface area is 143 Å². The third-order valence-electron chi connectivity index (χ3n) is 4.19. The molecule has 0 saturated carbocycles. The molecule has 1 N–H and O–H groups in total. The second kappa shape index (κ2) is 5.94. The van der Waals surface area contributed by atoms with Crippen molar-refractivity contribution in [2.24, 2.45) is 0 Å². The van der Waals surface area contributed by atoms with Crippen molar-refractivity contribution < 1.29 is 4.39 Å². The van der Waals surface area contributed by atoms with Crippen molar-refractivity contribution in [3.8, 4) is 22.4 Å². The Morgan fingerprint density at radius 1 is 1.00 bits per heavy atom. The molecule has 25 heavy (non-hydrogen) atoms. The highest BCUT2D eigenvalue weighted by molar-refractivity contribution is 5.88. The van der Waals surface area contributed by atoms with E-state index in [0.29, 0.717) is 16.5 Å². The lowest BCUT2D eigenvalue weighted by molar-refractivity contribution is 0.619. The minimum absolute atomic E-state index is 0.185. The molecule has 5 heteroatoms. The molecular formula is C20H14FN3O. The molecule has 0 radical (unpaired) electrons. The molecule has 2 heterocycles. The predicted octanol–water partition coefficient (Wildman–Crippen LogP) is 4.10. The fourth-order valence-electron chi connectivity index (χ4n) is 2.90. The molecular weight excluding hydrogens is 317 g/mol. The summed E-state index contributed by atoms with van der Waals surface area (Å²) in [6.07, 6.45) is 3.09. The molecule has 0 spiro atoms. The van der Waals surface area contributed by atoms with Crippen LogP contribution in [0.25, 0.3) is 33.3 Å². The van der Waals surface area contributed by atoms with Gasteiger partial charge in [-0.05, 0) is 54.4 Å². The molecule has 0 saturated heterocycles. The molecule has 2 aromatic heterocycles. The van der Waals surface area contributed by atoms with Crippen LogP contribution in [0.2, 0.25) is 0 Å². The summed E-state index contributed by atoms with van der Waals surface area (Å²) in [5, 5.41) is 0.519. The Kier molecular flexibility index (Phi) is 3.61. The number of nitrogens with one attached hydrogen (secondary N) is 1. The zero-order valence-electron chi connectivity index (χ0n) is 13.5. The highest BCUT2D eigenvalue weighted by atomic mass is 19.1. The minimum atomic E-state index is -0.246. The van der Waals surface area contributed by atoms with Crippen LogP contribution in [0.1, 0.15) is 5.56 Å². The van der Waals surface area contributed by atoms with Crippen LogP contribution in [0, 0.1) is 12.7 Å². The van der Waals surface area contributed by atoms with E-state index < -0.39 is 0 Å². The average molecular weight is 331 g/mol. The fourth-order valence-corrected chi connectivity index (χ4v) is 2.90. The smallest absolute Gasteiger partial charge is 0.258 e. The molecule has 2 aromatic carbocycles. The Bertz CT molecular complexity index is 1150. The topological polar surface area (TPSA) is 58.6 Å². The van der Waals surface area contributed by atoms with Gasteiger partial charge in [0.2, 0.25) is 0 Å². The molecule has 0 atom stereocenters. The van der Waals surface area contributed by atoms with E-state index in [9.17, 15) is 9.18 Å². The molecule has 4 rings (SSSR count). The van der Waals surface area contributed by atoms with Gasteiger partial charge in [-0.1, -0.05) is 12.1 Å². The third-order valence-corrected chi connectivity index (χ3v) is 4.19. The van der Waals surface area contributed by atoms with Gasteiger partial charge in [0.15, 0.2) is 0 Å². The lowest BCUT2D eigenvalue weighted by Crippen LogP contribution is -2.06. The van der Waals surface area contributed by atoms with Gasteiger partial charge in [-0.15, -0.1) is 0 Å². The SMILES string of the molecule is Cc1cc(-c2ncccc2-c2ccc3nc[nH]c(=O)c3c2)ccc1F. The number of aromatic nitrogens is 3. The van der Waals surface area contributed by atoms with Crippen LogP contribution >= 0.6 is 0 Å². The number of benzene rings is 2. The second-order valence-electron chi connectivity index (χ2n) is 5.83. The maximum atomic E-state index is 13.6. The van der Waals surface area contributed by atoms with Crippen molar-refractivity contribution in [3.05, 3.63) is 82.8 Å². The van der Waals surface area contributed by atoms with Crippen molar-refractivity contribution in [3.63, 3.8) is 0 Å². The van der Waals surface area contributed by atoms with Crippen LogP contribution in [0.5, 0.6) is 0 Å². The van der Waals surface area contributed by atoms with Crippen LogP contribution in [-0.2, 0) is 0 Å². The van der Waals surface area contributed by atoms with Gasteiger partial charge in [-0.25, -0.2) is 9.37 Å². The number of halogens is 1. The average Bonchev–Trinajstić information content (AvgIpc) is 2.64. The first-order valence-electron chi connectivity index (χ1n) is 7.83. The van der Waals surface area contributed by atoms with Crippen molar-refractivity contribution >= 4 is 10.9 Å². The summed E-state index contributed by atoms with van der Waals surface area (Å²) in [6, 6.07) is 14.2. The Hall–Kier alpha value is -3.34. The van der Waals surface area contributed by atoms with Gasteiger partial charge in [0.25, 0.3) is 5.56 Å². The number of aryl methyl sites for hydroxylation is 1. The van der Waals surface area contributed by atoms with Crippen molar-refractivity contribution in [1.82, 2.24) is 15.0 Å². The van der Waals surface area contributed by atoms with E-state index in [1.165, 1.54) is 12.4 Å². The maximum Gasteiger partial charge on any atom is 0.258 e. The first kappa shape index (κ1) is 15.2. The van der Waals surface area contributed by atoms with E-state index in [1.807, 2.05) is 24.3 Å². The number of H-pyrrole nitrogens is 1. The van der Waals surface area contributed by atoms with E-state index in [1.54, 1.807) is 31.3 Å². The number of aromatic amines is 1. The second-order valence-corrected chi connectivity index (χ2v) is 5.83. The van der Waals surface area contributed by atoms with E-state index in [0.717, 1.165) is 22.4 Å². The maximum absolute atomic E-state index is 13.6. The Morgan fingerprint density at radius 3 is 2.68 bits per heavy atom. The van der Waals surface area contributed by atoms with Crippen molar-refractivity contribution in [2.45, 2.75) is 6.92 Å². The molecule has 4 aromatic rings. The Balaban J connectivity index is 1.93. The summed E-state index contributed by atoms with van der Waals surface area (Å²) in [6.45, 7) is 1.72. The molecule has 0 aliphatic carbocycles. The van der Waals surface area contributed by atoms with E-state index in [-0.39, 0.29) is 11.4 Å². The summed E-state index contributed by atoms with van der Waals surface area (Å²) in [5.74, 6) is -0.246. The summed E-state index contributed by atoms with van der Waals surface area (Å²) < 4.78 is 13.6. The number of pyridine rings is 1. The number of hydrogen-bond donors (Lipinski definition) is 1. The van der Waals surface area contributed by atoms with E-state index in [2.05, 4.69) is 15.0 Å². The predicted molar refractivity (Wildman–Crippen MR) is 95.7 cm³/mol. The summed E-state index contributed by atoms with van der Waals surface area (Å²) in [7, 11) is 0. The van der Waals surface area contributed by atoms with Crippen LogP contribution in [0.4, 0.5) is 4.39 Å². The third kappa shape index (κ3) is 2.70. The van der Waals surface area contributed by atoms with Gasteiger partial charge in [-0.3, -0.25) is 9.78 Å². The number of nitrogens with zero attached hydrogens (tertiary/aromatic N) is 2. The highest BCUT2D eigenvalue weighted by Crippen LogP contribution is 2.31. The molecule has 0 bridgehead atoms. The molecule has 0 fully saturated rings. The lowest BCUT2D eigenvalue weighted by Gasteiger charge is -2.10. The summed E-state index contributed by atoms with van der Waals surface area (Å²) in [5.41, 5.74) is 4.31. The highest BCUT2D eigenvalue weighted by Gasteiger charge is 2.11. The molecule has 0 unspecified atom stereocenters. The van der Waals surface area contributed by atoms with Crippen LogP contribution in [0.3, 0.4) is 0 Å². The minimum Gasteiger partial charge on any atom is -0.313 e. The lowest BCUT2D eigenvalue weighted by atomic mass is 9.97. The summed E-state index contributed by atoms with van der Waals surface area (Å²) >= 11 is 0. The number of rotatable bonds is 2. The molecule has 0 aliphatic rings. The van der Waals surface area contributed by atoms with Gasteiger partial charge in [-0.2, -0.15) is 0 Å². The van der Waals surface area contributed by atoms with Crippen LogP contribution in [0.15, 0.2) is 65.8 Å². The van der Waals surface area contributed by atoms with Crippen LogP contribution < -0.4 is 5.56 Å². The normalized spacial score (nSPS) is 11.0. The zero-order valence-corrected chi connectivity index (χ0v) is 13.5.